The summed E-state index contributed by atoms with van der Waals surface area (Å²) in [6.45, 7) is 4.88. The van der Waals surface area contributed by atoms with Crippen LogP contribution >= 0.6 is 12.6 Å². The number of hydrogen-bond donors (Lipinski definition) is 2. The summed E-state index contributed by atoms with van der Waals surface area (Å²) in [4.78, 5) is -0.0457. The molecule has 24 heavy (non-hydrogen) atoms. The molecule has 1 N–H and O–H groups in total. The maximum absolute atomic E-state index is 11.7. The van der Waals surface area contributed by atoms with Crippen molar-refractivity contribution in [2.45, 2.75) is 25.2 Å². The second-order valence-corrected chi connectivity index (χ2v) is 7.96. The first kappa shape index (κ1) is 17.2. The van der Waals surface area contributed by atoms with Crippen LogP contribution in [0.5, 0.6) is 0 Å². The fourth-order valence-corrected chi connectivity index (χ4v) is 4.03. The number of rotatable bonds is 5. The van der Waals surface area contributed by atoms with Gasteiger partial charge in [-0.3, -0.25) is 4.55 Å². The lowest BCUT2D eigenvalue weighted by molar-refractivity contribution is -0.435. The minimum atomic E-state index is -4.27. The lowest BCUT2D eigenvalue weighted by Crippen LogP contribution is -2.14. The molecule has 0 aromatic heterocycles. The Hall–Kier alpha value is -1.63. The lowest BCUT2D eigenvalue weighted by Gasteiger charge is -2.04. The molecule has 1 aliphatic heterocycles. The third kappa shape index (κ3) is 2.90. The highest BCUT2D eigenvalue weighted by Gasteiger charge is 2.32. The average molecular weight is 362 g/mol. The molecule has 0 bridgehead atoms. The monoisotopic (exact) mass is 362 g/mol. The molecule has 2 aromatic carbocycles. The zero-order valence-electron chi connectivity index (χ0n) is 13.7. The lowest BCUT2D eigenvalue weighted by atomic mass is 10.0. The Balaban J connectivity index is 2.35. The van der Waals surface area contributed by atoms with Crippen LogP contribution in [0, 0.1) is 0 Å². The summed E-state index contributed by atoms with van der Waals surface area (Å²) >= 11 is 4.30. The van der Waals surface area contributed by atoms with Gasteiger partial charge in [-0.15, -0.1) is 0 Å². The number of nitrogens with zero attached hydrogens (tertiary/aromatic N) is 1. The smallest absolute Gasteiger partial charge is 0.282 e. The Labute approximate surface area is 147 Å². The highest BCUT2D eigenvalue weighted by Crippen LogP contribution is 2.38. The molecule has 0 aliphatic carbocycles. The summed E-state index contributed by atoms with van der Waals surface area (Å²) in [5.41, 5.74) is 4.20. The molecule has 0 fully saturated rings. The molecule has 0 unspecified atom stereocenters. The molecule has 0 atom stereocenters. The van der Waals surface area contributed by atoms with Crippen molar-refractivity contribution in [1.82, 2.24) is 0 Å². The van der Waals surface area contributed by atoms with Gasteiger partial charge in [-0.2, -0.15) is 25.6 Å². The van der Waals surface area contributed by atoms with Crippen LogP contribution in [0.25, 0.3) is 10.8 Å². The third-order valence-corrected chi connectivity index (χ3v) is 5.31. The van der Waals surface area contributed by atoms with Gasteiger partial charge in [0.2, 0.25) is 11.4 Å². The van der Waals surface area contributed by atoms with Gasteiger partial charge in [0.1, 0.15) is 11.4 Å². The first-order chi connectivity index (χ1) is 11.3. The fourth-order valence-electron chi connectivity index (χ4n) is 3.20. The Morgan fingerprint density at radius 2 is 2.00 bits per heavy atom. The maximum atomic E-state index is 11.7. The topological polar surface area (TPSA) is 57.4 Å². The van der Waals surface area contributed by atoms with Crippen molar-refractivity contribution in [1.29, 1.82) is 0 Å². The number of hydrogen-bond acceptors (Lipinski definition) is 3. The number of allylic oxidation sites excluding steroid dienone is 2. The van der Waals surface area contributed by atoms with E-state index in [9.17, 15) is 13.0 Å². The van der Waals surface area contributed by atoms with Crippen molar-refractivity contribution >= 4 is 44.9 Å². The minimum absolute atomic E-state index is 0.0457. The van der Waals surface area contributed by atoms with Gasteiger partial charge in [-0.25, -0.2) is 0 Å². The van der Waals surface area contributed by atoms with Crippen molar-refractivity contribution in [3.63, 3.8) is 0 Å². The van der Waals surface area contributed by atoms with E-state index in [-0.39, 0.29) is 4.90 Å². The van der Waals surface area contributed by atoms with E-state index in [4.69, 9.17) is 0 Å². The van der Waals surface area contributed by atoms with Crippen LogP contribution in [0.1, 0.15) is 25.8 Å². The molecule has 6 heteroatoms. The Kier molecular flexibility index (Phi) is 4.55. The van der Waals surface area contributed by atoms with Gasteiger partial charge in [-0.05, 0) is 31.7 Å². The van der Waals surface area contributed by atoms with Crippen molar-refractivity contribution in [3.8, 4) is 0 Å². The molecular weight excluding hydrogens is 342 g/mol. The zero-order chi connectivity index (χ0) is 17.5. The van der Waals surface area contributed by atoms with E-state index < -0.39 is 10.1 Å². The summed E-state index contributed by atoms with van der Waals surface area (Å²) in [6, 6.07) is 8.83. The van der Waals surface area contributed by atoms with E-state index in [0.29, 0.717) is 5.39 Å². The van der Waals surface area contributed by atoms with Crippen LogP contribution in [0.3, 0.4) is 0 Å². The van der Waals surface area contributed by atoms with E-state index in [1.54, 1.807) is 12.1 Å². The third-order valence-electron chi connectivity index (χ3n) is 4.08. The molecule has 0 saturated heterocycles. The molecule has 1 heterocycles. The predicted octanol–water partition coefficient (Wildman–Crippen LogP) is 3.82. The first-order valence-corrected chi connectivity index (χ1v) is 9.85. The maximum Gasteiger partial charge on any atom is 0.295 e. The molecule has 0 radical (unpaired) electrons. The zero-order valence-corrected chi connectivity index (χ0v) is 15.4. The largest absolute Gasteiger partial charge is 0.295 e. The van der Waals surface area contributed by atoms with Crippen LogP contribution in [0.4, 0.5) is 5.69 Å². The summed E-state index contributed by atoms with van der Waals surface area (Å²) < 4.78 is 35.2. The highest BCUT2D eigenvalue weighted by molar-refractivity contribution is 7.86. The fraction of sp³-hybridized carbons (Fsp3) is 0.278. The number of benzene rings is 2. The Morgan fingerprint density at radius 3 is 2.62 bits per heavy atom. The van der Waals surface area contributed by atoms with Crippen molar-refractivity contribution in [2.75, 3.05) is 12.3 Å². The molecule has 0 amide bonds. The van der Waals surface area contributed by atoms with Crippen LogP contribution < -0.4 is 0 Å². The van der Waals surface area contributed by atoms with Crippen LogP contribution in [-0.2, 0) is 10.1 Å². The molecule has 3 rings (SSSR count). The first-order valence-electron chi connectivity index (χ1n) is 7.78. The molecule has 1 aliphatic rings. The minimum Gasteiger partial charge on any atom is -0.282 e. The van der Waals surface area contributed by atoms with Crippen molar-refractivity contribution in [2.24, 2.45) is 0 Å². The van der Waals surface area contributed by atoms with Gasteiger partial charge < -0.3 is 0 Å². The van der Waals surface area contributed by atoms with Gasteiger partial charge in [0.15, 0.2) is 0 Å². The normalized spacial score (nSPS) is 13.7. The van der Waals surface area contributed by atoms with E-state index in [0.717, 1.165) is 41.1 Å². The van der Waals surface area contributed by atoms with E-state index in [1.807, 2.05) is 26.0 Å². The predicted molar refractivity (Wildman–Crippen MR) is 101 cm³/mol. The molecule has 126 valence electrons. The SMILES string of the molecule is CC(C)=CC1=[N+](CCCS)c2ccc(S(=O)(=O)O)c3cccc1c23. The molecule has 4 nitrogen and oxygen atoms in total. The Morgan fingerprint density at radius 1 is 1.25 bits per heavy atom. The molecule has 2 aromatic rings. The van der Waals surface area contributed by atoms with Crippen LogP contribution in [0.15, 0.2) is 46.9 Å². The van der Waals surface area contributed by atoms with Crippen LogP contribution in [0.2, 0.25) is 0 Å². The van der Waals surface area contributed by atoms with Crippen LogP contribution in [-0.4, -0.2) is 35.6 Å². The second-order valence-electron chi connectivity index (χ2n) is 6.12. The highest BCUT2D eigenvalue weighted by atomic mass is 32.2. The average Bonchev–Trinajstić information content (AvgIpc) is 2.79. The van der Waals surface area contributed by atoms with Crippen molar-refractivity contribution < 1.29 is 17.5 Å². The summed E-state index contributed by atoms with van der Waals surface area (Å²) in [7, 11) is -4.27. The van der Waals surface area contributed by atoms with Crippen molar-refractivity contribution in [3.05, 3.63) is 47.5 Å². The number of thiol groups is 1. The van der Waals surface area contributed by atoms with Gasteiger partial charge >= 0.3 is 0 Å². The summed E-state index contributed by atoms with van der Waals surface area (Å²) in [6.07, 6.45) is 3.03. The van der Waals surface area contributed by atoms with Gasteiger partial charge in [-0.1, -0.05) is 17.7 Å². The standard InChI is InChI=1S/C18H19NO3S2/c1-12(2)11-16-13-5-3-6-14-17(24(20,21)22)8-7-15(18(13)14)19(16)9-4-10-23/h3,5-8,11H,4,9-10H2,1-2H3,(H-,20,21,22,23)/p+1. The van der Waals surface area contributed by atoms with E-state index >= 15 is 0 Å². The van der Waals surface area contributed by atoms with E-state index in [2.05, 4.69) is 23.3 Å². The van der Waals surface area contributed by atoms with E-state index in [1.165, 1.54) is 11.6 Å². The summed E-state index contributed by atoms with van der Waals surface area (Å²) in [5.74, 6) is 0.779. The van der Waals surface area contributed by atoms with Gasteiger partial charge in [0, 0.05) is 23.9 Å². The second kappa shape index (κ2) is 6.35. The quantitative estimate of drug-likeness (QED) is 0.483. The Bertz CT molecular complexity index is 985. The van der Waals surface area contributed by atoms with Gasteiger partial charge in [0.25, 0.3) is 10.1 Å². The molecule has 0 saturated carbocycles. The molecular formula is C18H20NO3S2+. The van der Waals surface area contributed by atoms with Gasteiger partial charge in [0.05, 0.1) is 10.9 Å². The molecule has 0 spiro atoms. The summed E-state index contributed by atoms with van der Waals surface area (Å²) in [5, 5.41) is 1.43.